The standard InChI is InChI=1S/C9H12N2O2/c1-12-7-5-11-9(13-2)8-6(7)3-4-10-8/h5,10H,3-4H2,1-2H3. The SMILES string of the molecule is COc1cnc(OC)c2c1CCN2. The van der Waals surface area contributed by atoms with Crippen molar-refractivity contribution < 1.29 is 9.47 Å². The van der Waals surface area contributed by atoms with Crippen LogP contribution in [0.5, 0.6) is 11.6 Å². The number of methoxy groups -OCH3 is 2. The molecule has 1 aromatic rings. The minimum Gasteiger partial charge on any atom is -0.495 e. The van der Waals surface area contributed by atoms with Crippen LogP contribution in [0.15, 0.2) is 6.20 Å². The molecule has 1 N–H and O–H groups in total. The van der Waals surface area contributed by atoms with Gasteiger partial charge in [0.15, 0.2) is 0 Å². The Morgan fingerprint density at radius 2 is 2.23 bits per heavy atom. The van der Waals surface area contributed by atoms with Crippen LogP contribution in [-0.4, -0.2) is 25.7 Å². The summed E-state index contributed by atoms with van der Waals surface area (Å²) in [5.74, 6) is 1.48. The van der Waals surface area contributed by atoms with Gasteiger partial charge in [-0.15, -0.1) is 0 Å². The van der Waals surface area contributed by atoms with Gasteiger partial charge < -0.3 is 14.8 Å². The molecule has 0 radical (unpaired) electrons. The Balaban J connectivity index is 2.52. The lowest BCUT2D eigenvalue weighted by atomic mass is 10.2. The van der Waals surface area contributed by atoms with Gasteiger partial charge in [0.05, 0.1) is 20.4 Å². The fraction of sp³-hybridized carbons (Fsp3) is 0.444. The maximum absolute atomic E-state index is 5.20. The van der Waals surface area contributed by atoms with Crippen LogP contribution in [0.4, 0.5) is 5.69 Å². The number of fused-ring (bicyclic) bond motifs is 1. The molecule has 0 atom stereocenters. The van der Waals surface area contributed by atoms with E-state index in [4.69, 9.17) is 9.47 Å². The second-order valence-corrected chi connectivity index (χ2v) is 2.87. The highest BCUT2D eigenvalue weighted by atomic mass is 16.5. The van der Waals surface area contributed by atoms with Crippen molar-refractivity contribution >= 4 is 5.69 Å². The minimum absolute atomic E-state index is 0.647. The number of ether oxygens (including phenoxy) is 2. The highest BCUT2D eigenvalue weighted by molar-refractivity contribution is 5.66. The number of rotatable bonds is 2. The molecule has 0 amide bonds. The average molecular weight is 180 g/mol. The fourth-order valence-corrected chi connectivity index (χ4v) is 1.59. The lowest BCUT2D eigenvalue weighted by Gasteiger charge is -2.09. The number of anilines is 1. The molecule has 2 heterocycles. The van der Waals surface area contributed by atoms with Crippen LogP contribution in [0.3, 0.4) is 0 Å². The molecule has 70 valence electrons. The van der Waals surface area contributed by atoms with E-state index in [0.29, 0.717) is 5.88 Å². The van der Waals surface area contributed by atoms with Crippen molar-refractivity contribution in [1.82, 2.24) is 4.98 Å². The molecule has 0 bridgehead atoms. The third-order valence-electron chi connectivity index (χ3n) is 2.20. The summed E-state index contributed by atoms with van der Waals surface area (Å²) in [4.78, 5) is 4.13. The first kappa shape index (κ1) is 8.16. The van der Waals surface area contributed by atoms with E-state index in [1.165, 1.54) is 0 Å². The Bertz CT molecular complexity index is 295. The normalized spacial score (nSPS) is 13.4. The molecule has 0 fully saturated rings. The summed E-state index contributed by atoms with van der Waals surface area (Å²) in [6.45, 7) is 0.924. The number of pyridine rings is 1. The molecule has 1 aliphatic heterocycles. The van der Waals surface area contributed by atoms with Crippen LogP contribution in [0.1, 0.15) is 5.56 Å². The lowest BCUT2D eigenvalue weighted by Crippen LogP contribution is -1.97. The molecule has 1 aliphatic rings. The molecular formula is C9H12N2O2. The van der Waals surface area contributed by atoms with Crippen molar-refractivity contribution in [3.05, 3.63) is 11.8 Å². The molecular weight excluding hydrogens is 168 g/mol. The Kier molecular flexibility index (Phi) is 1.96. The molecule has 13 heavy (non-hydrogen) atoms. The summed E-state index contributed by atoms with van der Waals surface area (Å²) < 4.78 is 10.3. The third-order valence-corrected chi connectivity index (χ3v) is 2.20. The highest BCUT2D eigenvalue weighted by Crippen LogP contribution is 2.36. The molecule has 0 saturated heterocycles. The van der Waals surface area contributed by atoms with E-state index >= 15 is 0 Å². The summed E-state index contributed by atoms with van der Waals surface area (Å²) in [5.41, 5.74) is 2.14. The summed E-state index contributed by atoms with van der Waals surface area (Å²) in [6, 6.07) is 0. The molecule has 0 unspecified atom stereocenters. The molecule has 0 aliphatic carbocycles. The summed E-state index contributed by atoms with van der Waals surface area (Å²) in [6.07, 6.45) is 2.67. The van der Waals surface area contributed by atoms with E-state index in [1.54, 1.807) is 20.4 Å². The highest BCUT2D eigenvalue weighted by Gasteiger charge is 2.20. The molecule has 0 spiro atoms. The van der Waals surface area contributed by atoms with Crippen molar-refractivity contribution in [3.8, 4) is 11.6 Å². The quantitative estimate of drug-likeness (QED) is 0.739. The zero-order valence-electron chi connectivity index (χ0n) is 7.76. The van der Waals surface area contributed by atoms with Crippen molar-refractivity contribution in [3.63, 3.8) is 0 Å². The third kappa shape index (κ3) is 1.18. The second-order valence-electron chi connectivity index (χ2n) is 2.87. The molecule has 0 aromatic carbocycles. The zero-order chi connectivity index (χ0) is 9.26. The number of aromatic nitrogens is 1. The molecule has 4 nitrogen and oxygen atoms in total. The maximum Gasteiger partial charge on any atom is 0.237 e. The summed E-state index contributed by atoms with van der Waals surface area (Å²) >= 11 is 0. The van der Waals surface area contributed by atoms with Crippen LogP contribution < -0.4 is 14.8 Å². The first-order valence-electron chi connectivity index (χ1n) is 4.20. The van der Waals surface area contributed by atoms with E-state index in [2.05, 4.69) is 10.3 Å². The Morgan fingerprint density at radius 3 is 2.92 bits per heavy atom. The van der Waals surface area contributed by atoms with E-state index < -0.39 is 0 Å². The second kappa shape index (κ2) is 3.12. The number of hydrogen-bond acceptors (Lipinski definition) is 4. The van der Waals surface area contributed by atoms with Gasteiger partial charge in [0.1, 0.15) is 11.4 Å². The summed E-state index contributed by atoms with van der Waals surface area (Å²) in [5, 5.41) is 3.23. The van der Waals surface area contributed by atoms with Crippen LogP contribution in [0.2, 0.25) is 0 Å². The van der Waals surface area contributed by atoms with Crippen molar-refractivity contribution in [2.75, 3.05) is 26.1 Å². The van der Waals surface area contributed by atoms with Crippen LogP contribution in [-0.2, 0) is 6.42 Å². The number of nitrogens with one attached hydrogen (secondary N) is 1. The first-order valence-corrected chi connectivity index (χ1v) is 4.20. The lowest BCUT2D eigenvalue weighted by molar-refractivity contribution is 0.388. The predicted octanol–water partition coefficient (Wildman–Crippen LogP) is 1.07. The number of hydrogen-bond donors (Lipinski definition) is 1. The Labute approximate surface area is 76.9 Å². The molecule has 0 saturated carbocycles. The Hall–Kier alpha value is -1.45. The Morgan fingerprint density at radius 1 is 1.38 bits per heavy atom. The molecule has 4 heteroatoms. The minimum atomic E-state index is 0.647. The van der Waals surface area contributed by atoms with Gasteiger partial charge in [-0.05, 0) is 6.42 Å². The van der Waals surface area contributed by atoms with E-state index in [0.717, 1.165) is 30.0 Å². The van der Waals surface area contributed by atoms with Crippen LogP contribution in [0, 0.1) is 0 Å². The van der Waals surface area contributed by atoms with Gasteiger partial charge in [0, 0.05) is 12.1 Å². The largest absolute Gasteiger partial charge is 0.495 e. The monoisotopic (exact) mass is 180 g/mol. The van der Waals surface area contributed by atoms with Gasteiger partial charge in [-0.2, -0.15) is 0 Å². The van der Waals surface area contributed by atoms with Gasteiger partial charge in [-0.3, -0.25) is 0 Å². The first-order chi connectivity index (χ1) is 6.36. The fourth-order valence-electron chi connectivity index (χ4n) is 1.59. The van der Waals surface area contributed by atoms with Gasteiger partial charge in [0.2, 0.25) is 5.88 Å². The maximum atomic E-state index is 5.20. The molecule has 2 rings (SSSR count). The van der Waals surface area contributed by atoms with Gasteiger partial charge in [-0.1, -0.05) is 0 Å². The zero-order valence-corrected chi connectivity index (χ0v) is 7.76. The van der Waals surface area contributed by atoms with Gasteiger partial charge >= 0.3 is 0 Å². The van der Waals surface area contributed by atoms with Crippen LogP contribution >= 0.6 is 0 Å². The smallest absolute Gasteiger partial charge is 0.237 e. The average Bonchev–Trinajstić information content (AvgIpc) is 2.64. The van der Waals surface area contributed by atoms with Crippen molar-refractivity contribution in [2.45, 2.75) is 6.42 Å². The van der Waals surface area contributed by atoms with E-state index in [-0.39, 0.29) is 0 Å². The topological polar surface area (TPSA) is 43.4 Å². The van der Waals surface area contributed by atoms with Crippen molar-refractivity contribution in [2.24, 2.45) is 0 Å². The number of nitrogens with zero attached hydrogens (tertiary/aromatic N) is 1. The predicted molar refractivity (Wildman–Crippen MR) is 49.5 cm³/mol. The van der Waals surface area contributed by atoms with Crippen LogP contribution in [0.25, 0.3) is 0 Å². The van der Waals surface area contributed by atoms with Crippen molar-refractivity contribution in [1.29, 1.82) is 0 Å². The van der Waals surface area contributed by atoms with Gasteiger partial charge in [-0.25, -0.2) is 4.98 Å². The van der Waals surface area contributed by atoms with Gasteiger partial charge in [0.25, 0.3) is 0 Å². The molecule has 1 aromatic heterocycles. The van der Waals surface area contributed by atoms with E-state index in [9.17, 15) is 0 Å². The van der Waals surface area contributed by atoms with E-state index in [1.807, 2.05) is 0 Å². The summed E-state index contributed by atoms with van der Waals surface area (Å²) in [7, 11) is 3.27.